The van der Waals surface area contributed by atoms with Crippen molar-refractivity contribution in [1.29, 1.82) is 0 Å². The molecule has 3 aromatic rings. The van der Waals surface area contributed by atoms with Crippen LogP contribution in [0.3, 0.4) is 0 Å². The lowest BCUT2D eigenvalue weighted by Gasteiger charge is -2.28. The largest absolute Gasteiger partial charge is 0.463 e. The van der Waals surface area contributed by atoms with Crippen molar-refractivity contribution in [3.05, 3.63) is 63.9 Å². The van der Waals surface area contributed by atoms with Crippen molar-refractivity contribution in [3.63, 3.8) is 0 Å². The molecule has 1 aliphatic heterocycles. The summed E-state index contributed by atoms with van der Waals surface area (Å²) in [6.45, 7) is 2.09. The highest BCUT2D eigenvalue weighted by Gasteiger charge is 2.36. The first-order valence-electron chi connectivity index (χ1n) is 7.83. The molecule has 3 heterocycles. The summed E-state index contributed by atoms with van der Waals surface area (Å²) in [5.41, 5.74) is 2.97. The summed E-state index contributed by atoms with van der Waals surface area (Å²) in [5, 5.41) is 19.0. The summed E-state index contributed by atoms with van der Waals surface area (Å²) in [5.74, 6) is 0.106. The monoisotopic (exact) mass is 353 g/mol. The Morgan fingerprint density at radius 3 is 2.88 bits per heavy atom. The molecule has 1 N–H and O–H groups in total. The SMILES string of the molecule is CCOC(=O)C1=C(c2ccccc2)Nc2nnnn2[C@@H]1c1ccsc1. The number of esters is 1. The van der Waals surface area contributed by atoms with Gasteiger partial charge in [-0.05, 0) is 45.3 Å². The molecule has 7 nitrogen and oxygen atoms in total. The zero-order valence-corrected chi connectivity index (χ0v) is 14.2. The Kier molecular flexibility index (Phi) is 4.02. The fraction of sp³-hybridized carbons (Fsp3) is 0.176. The predicted molar refractivity (Wildman–Crippen MR) is 93.9 cm³/mol. The summed E-state index contributed by atoms with van der Waals surface area (Å²) in [6.07, 6.45) is 0. The van der Waals surface area contributed by atoms with E-state index in [-0.39, 0.29) is 5.97 Å². The van der Waals surface area contributed by atoms with Crippen molar-refractivity contribution in [2.75, 3.05) is 11.9 Å². The van der Waals surface area contributed by atoms with Crippen molar-refractivity contribution in [3.8, 4) is 0 Å². The van der Waals surface area contributed by atoms with Crippen LogP contribution in [0.25, 0.3) is 5.70 Å². The lowest BCUT2D eigenvalue weighted by molar-refractivity contribution is -0.138. The minimum Gasteiger partial charge on any atom is -0.463 e. The highest BCUT2D eigenvalue weighted by atomic mass is 32.1. The molecule has 1 aromatic carbocycles. The Balaban J connectivity index is 1.95. The molecular weight excluding hydrogens is 338 g/mol. The minimum absolute atomic E-state index is 0.295. The van der Waals surface area contributed by atoms with Crippen LogP contribution in [-0.4, -0.2) is 32.8 Å². The van der Waals surface area contributed by atoms with Gasteiger partial charge < -0.3 is 10.1 Å². The fourth-order valence-electron chi connectivity index (χ4n) is 2.88. The Morgan fingerprint density at radius 2 is 2.16 bits per heavy atom. The number of benzene rings is 1. The van der Waals surface area contributed by atoms with Crippen LogP contribution in [0.2, 0.25) is 0 Å². The number of hydrogen-bond donors (Lipinski definition) is 1. The molecule has 0 bridgehead atoms. The number of fused-ring (bicyclic) bond motifs is 1. The van der Waals surface area contributed by atoms with Crippen LogP contribution in [-0.2, 0) is 9.53 Å². The number of ether oxygens (including phenoxy) is 1. The fourth-order valence-corrected chi connectivity index (χ4v) is 3.56. The second-order valence-corrected chi connectivity index (χ2v) is 6.19. The molecule has 0 amide bonds. The second kappa shape index (κ2) is 6.48. The van der Waals surface area contributed by atoms with Gasteiger partial charge in [0.05, 0.1) is 17.9 Å². The molecule has 4 rings (SSSR count). The Labute approximate surface area is 147 Å². The molecule has 0 spiro atoms. The average molecular weight is 353 g/mol. The maximum atomic E-state index is 12.8. The molecule has 0 fully saturated rings. The number of carbonyl (C=O) groups excluding carboxylic acids is 1. The van der Waals surface area contributed by atoms with Gasteiger partial charge in [-0.3, -0.25) is 0 Å². The number of aromatic nitrogens is 4. The average Bonchev–Trinajstić information content (AvgIpc) is 3.32. The van der Waals surface area contributed by atoms with E-state index in [4.69, 9.17) is 4.74 Å². The molecule has 0 aliphatic carbocycles. The normalized spacial score (nSPS) is 16.3. The zero-order valence-electron chi connectivity index (χ0n) is 13.4. The summed E-state index contributed by atoms with van der Waals surface area (Å²) in [6, 6.07) is 11.2. The topological polar surface area (TPSA) is 81.9 Å². The third kappa shape index (κ3) is 2.70. The van der Waals surface area contributed by atoms with Gasteiger partial charge in [-0.25, -0.2) is 4.79 Å². The Morgan fingerprint density at radius 1 is 1.32 bits per heavy atom. The second-order valence-electron chi connectivity index (χ2n) is 5.41. The molecule has 25 heavy (non-hydrogen) atoms. The highest BCUT2D eigenvalue weighted by Crippen LogP contribution is 2.39. The van der Waals surface area contributed by atoms with Gasteiger partial charge in [0, 0.05) is 0 Å². The predicted octanol–water partition coefficient (Wildman–Crippen LogP) is 2.72. The minimum atomic E-state index is -0.438. The van der Waals surface area contributed by atoms with Gasteiger partial charge in [-0.2, -0.15) is 16.0 Å². The number of nitrogens with one attached hydrogen (secondary N) is 1. The molecule has 0 saturated heterocycles. The molecule has 8 heteroatoms. The van der Waals surface area contributed by atoms with Crippen molar-refractivity contribution < 1.29 is 9.53 Å². The van der Waals surface area contributed by atoms with Crippen molar-refractivity contribution >= 4 is 29.0 Å². The third-order valence-corrected chi connectivity index (χ3v) is 4.64. The van der Waals surface area contributed by atoms with Crippen LogP contribution < -0.4 is 5.32 Å². The van der Waals surface area contributed by atoms with Crippen LogP contribution in [0, 0.1) is 0 Å². The number of nitrogens with zero attached hydrogens (tertiary/aromatic N) is 4. The lowest BCUT2D eigenvalue weighted by atomic mass is 9.94. The highest BCUT2D eigenvalue weighted by molar-refractivity contribution is 7.08. The van der Waals surface area contributed by atoms with E-state index in [0.29, 0.717) is 23.8 Å². The van der Waals surface area contributed by atoms with E-state index in [1.165, 1.54) is 0 Å². The van der Waals surface area contributed by atoms with Crippen LogP contribution >= 0.6 is 11.3 Å². The Bertz CT molecular complexity index is 918. The smallest absolute Gasteiger partial charge is 0.338 e. The van der Waals surface area contributed by atoms with Crippen molar-refractivity contribution in [2.45, 2.75) is 13.0 Å². The van der Waals surface area contributed by atoms with Gasteiger partial charge >= 0.3 is 5.97 Å². The van der Waals surface area contributed by atoms with Gasteiger partial charge in [0.15, 0.2) is 0 Å². The number of hydrogen-bond acceptors (Lipinski definition) is 7. The zero-order chi connectivity index (χ0) is 17.2. The summed E-state index contributed by atoms with van der Waals surface area (Å²) >= 11 is 1.56. The van der Waals surface area contributed by atoms with Gasteiger partial charge in [-0.15, -0.1) is 0 Å². The van der Waals surface area contributed by atoms with E-state index in [2.05, 4.69) is 20.8 Å². The number of thiophene rings is 1. The maximum absolute atomic E-state index is 12.8. The standard InChI is InChI=1S/C17H15N5O2S/c1-2-24-16(23)13-14(11-6-4-3-5-7-11)18-17-19-20-21-22(17)15(13)12-8-9-25-10-12/h3-10,15H,2H2,1H3,(H,18,19,21)/t15-/m1/s1. The van der Waals surface area contributed by atoms with Gasteiger partial charge in [0.1, 0.15) is 6.04 Å². The van der Waals surface area contributed by atoms with E-state index < -0.39 is 6.04 Å². The van der Waals surface area contributed by atoms with Gasteiger partial charge in [-0.1, -0.05) is 35.4 Å². The van der Waals surface area contributed by atoms with E-state index in [1.807, 2.05) is 47.2 Å². The molecule has 126 valence electrons. The molecule has 1 aliphatic rings. The molecule has 1 atom stereocenters. The van der Waals surface area contributed by atoms with Crippen LogP contribution in [0.5, 0.6) is 0 Å². The maximum Gasteiger partial charge on any atom is 0.338 e. The van der Waals surface area contributed by atoms with E-state index >= 15 is 0 Å². The third-order valence-electron chi connectivity index (χ3n) is 3.93. The van der Waals surface area contributed by atoms with Crippen molar-refractivity contribution in [1.82, 2.24) is 20.2 Å². The van der Waals surface area contributed by atoms with Crippen molar-refractivity contribution in [2.24, 2.45) is 0 Å². The lowest BCUT2D eigenvalue weighted by Crippen LogP contribution is -2.29. The van der Waals surface area contributed by atoms with Crippen LogP contribution in [0.15, 0.2) is 52.7 Å². The van der Waals surface area contributed by atoms with Crippen LogP contribution in [0.1, 0.15) is 24.1 Å². The molecule has 0 unspecified atom stereocenters. The summed E-state index contributed by atoms with van der Waals surface area (Å²) < 4.78 is 6.95. The number of anilines is 1. The molecule has 0 saturated carbocycles. The molecule has 2 aromatic heterocycles. The first kappa shape index (κ1) is 15.5. The first-order chi connectivity index (χ1) is 12.3. The molecular formula is C17H15N5O2S. The summed E-state index contributed by atoms with van der Waals surface area (Å²) in [4.78, 5) is 12.8. The number of rotatable bonds is 4. The van der Waals surface area contributed by atoms with Gasteiger partial charge in [0.25, 0.3) is 0 Å². The van der Waals surface area contributed by atoms with E-state index in [0.717, 1.165) is 11.1 Å². The number of carbonyl (C=O) groups is 1. The molecule has 0 radical (unpaired) electrons. The first-order valence-corrected chi connectivity index (χ1v) is 8.77. The number of tetrazole rings is 1. The van der Waals surface area contributed by atoms with E-state index in [1.54, 1.807) is 22.9 Å². The Hall–Kier alpha value is -3.00. The quantitative estimate of drug-likeness (QED) is 0.726. The van der Waals surface area contributed by atoms with Gasteiger partial charge in [0.2, 0.25) is 5.95 Å². The summed E-state index contributed by atoms with van der Waals surface area (Å²) in [7, 11) is 0. The van der Waals surface area contributed by atoms with Crippen LogP contribution in [0.4, 0.5) is 5.95 Å². The van der Waals surface area contributed by atoms with E-state index in [9.17, 15) is 4.79 Å².